The minimum atomic E-state index is -3.37. The van der Waals surface area contributed by atoms with Gasteiger partial charge < -0.3 is 10.6 Å². The van der Waals surface area contributed by atoms with E-state index in [1.165, 1.54) is 0 Å². The van der Waals surface area contributed by atoms with Crippen LogP contribution >= 0.6 is 0 Å². The Labute approximate surface area is 162 Å². The third-order valence-corrected chi connectivity index (χ3v) is 5.23. The van der Waals surface area contributed by atoms with Crippen LogP contribution in [0.5, 0.6) is 0 Å². The molecule has 7 nitrogen and oxygen atoms in total. The molecule has 0 unspecified atom stereocenters. The Bertz CT molecular complexity index is 750. The van der Waals surface area contributed by atoms with E-state index in [0.717, 1.165) is 5.56 Å². The quantitative estimate of drug-likeness (QED) is 0.621. The van der Waals surface area contributed by atoms with Crippen molar-refractivity contribution in [2.75, 3.05) is 0 Å². The number of carbonyl (C=O) groups excluding carboxylic acids is 2. The molecule has 8 heteroatoms. The lowest BCUT2D eigenvalue weighted by molar-refractivity contribution is -0.133. The van der Waals surface area contributed by atoms with E-state index < -0.39 is 21.5 Å². The van der Waals surface area contributed by atoms with Crippen molar-refractivity contribution in [3.05, 3.63) is 35.4 Å². The van der Waals surface area contributed by atoms with Gasteiger partial charge in [-0.25, -0.2) is 13.1 Å². The molecule has 0 aromatic heterocycles. The van der Waals surface area contributed by atoms with E-state index in [0.29, 0.717) is 12.1 Å². The summed E-state index contributed by atoms with van der Waals surface area (Å²) in [5, 5.41) is 5.45. The second-order valence-corrected chi connectivity index (χ2v) is 9.76. The van der Waals surface area contributed by atoms with Crippen molar-refractivity contribution in [1.29, 1.82) is 0 Å². The molecule has 0 fully saturated rings. The molecule has 0 spiro atoms. The van der Waals surface area contributed by atoms with E-state index in [-0.39, 0.29) is 23.6 Å². The van der Waals surface area contributed by atoms with Crippen molar-refractivity contribution in [3.8, 4) is 0 Å². The maximum absolute atomic E-state index is 12.1. The van der Waals surface area contributed by atoms with Gasteiger partial charge in [0.05, 0.1) is 5.75 Å². The number of hydrogen-bond donors (Lipinski definition) is 3. The molecule has 0 bridgehead atoms. The van der Waals surface area contributed by atoms with Gasteiger partial charge in [-0.05, 0) is 31.9 Å². The summed E-state index contributed by atoms with van der Waals surface area (Å²) in [6.45, 7) is 10.8. The van der Waals surface area contributed by atoms with Gasteiger partial charge in [-0.3, -0.25) is 9.59 Å². The highest BCUT2D eigenvalue weighted by molar-refractivity contribution is 7.88. The largest absolute Gasteiger partial charge is 0.350 e. The van der Waals surface area contributed by atoms with Crippen LogP contribution in [0.15, 0.2) is 24.3 Å². The van der Waals surface area contributed by atoms with Gasteiger partial charge >= 0.3 is 0 Å². The third kappa shape index (κ3) is 8.53. The normalized spacial score (nSPS) is 13.3. The molecule has 0 radical (unpaired) electrons. The molecule has 152 valence electrons. The van der Waals surface area contributed by atoms with Crippen LogP contribution in [0.2, 0.25) is 0 Å². The van der Waals surface area contributed by atoms with Gasteiger partial charge in [0, 0.05) is 18.0 Å². The number of rotatable bonds is 8. The molecule has 2 amide bonds. The van der Waals surface area contributed by atoms with Crippen molar-refractivity contribution < 1.29 is 18.0 Å². The Hall–Kier alpha value is -1.93. The molecule has 27 heavy (non-hydrogen) atoms. The van der Waals surface area contributed by atoms with Crippen LogP contribution in [0.25, 0.3) is 0 Å². The smallest absolute Gasteiger partial charge is 0.242 e. The number of benzene rings is 1. The summed E-state index contributed by atoms with van der Waals surface area (Å²) in [4.78, 5) is 24.0. The maximum atomic E-state index is 12.1. The SMILES string of the molecule is CC(C)NS(=O)(=O)Cc1ccc(CNC(=O)[C@H](C)NC(=O)C(C)(C)C)cc1. The summed E-state index contributed by atoms with van der Waals surface area (Å²) < 4.78 is 26.4. The predicted molar refractivity (Wildman–Crippen MR) is 106 cm³/mol. The molecular weight excluding hydrogens is 366 g/mol. The Kier molecular flexibility index (Phi) is 7.98. The first kappa shape index (κ1) is 23.1. The zero-order valence-electron chi connectivity index (χ0n) is 16.9. The van der Waals surface area contributed by atoms with E-state index in [1.807, 2.05) is 0 Å². The first-order valence-electron chi connectivity index (χ1n) is 8.96. The van der Waals surface area contributed by atoms with E-state index in [4.69, 9.17) is 0 Å². The van der Waals surface area contributed by atoms with E-state index >= 15 is 0 Å². The molecule has 0 aliphatic carbocycles. The third-order valence-electron chi connectivity index (χ3n) is 3.68. The molecule has 0 saturated carbocycles. The molecule has 1 aromatic rings. The molecule has 1 rings (SSSR count). The van der Waals surface area contributed by atoms with E-state index in [1.54, 1.807) is 65.8 Å². The number of amides is 2. The highest BCUT2D eigenvalue weighted by atomic mass is 32.2. The molecule has 0 aliphatic heterocycles. The lowest BCUT2D eigenvalue weighted by Crippen LogP contribution is -2.48. The van der Waals surface area contributed by atoms with Crippen molar-refractivity contribution in [2.24, 2.45) is 5.41 Å². The summed E-state index contributed by atoms with van der Waals surface area (Å²) in [5.41, 5.74) is 0.953. The van der Waals surface area contributed by atoms with Crippen molar-refractivity contribution in [1.82, 2.24) is 15.4 Å². The van der Waals surface area contributed by atoms with Crippen LogP contribution < -0.4 is 15.4 Å². The number of nitrogens with one attached hydrogen (secondary N) is 3. The summed E-state index contributed by atoms with van der Waals surface area (Å²) >= 11 is 0. The Morgan fingerprint density at radius 2 is 1.52 bits per heavy atom. The van der Waals surface area contributed by atoms with Crippen LogP contribution in [0.4, 0.5) is 0 Å². The lowest BCUT2D eigenvalue weighted by Gasteiger charge is -2.21. The summed E-state index contributed by atoms with van der Waals surface area (Å²) in [5.74, 6) is -0.556. The second kappa shape index (κ2) is 9.32. The monoisotopic (exact) mass is 397 g/mol. The van der Waals surface area contributed by atoms with Crippen LogP contribution in [0.1, 0.15) is 52.7 Å². The predicted octanol–water partition coefficient (Wildman–Crippen LogP) is 1.68. The first-order chi connectivity index (χ1) is 12.3. The minimum Gasteiger partial charge on any atom is -0.350 e. The number of carbonyl (C=O) groups is 2. The fourth-order valence-corrected chi connectivity index (χ4v) is 3.63. The van der Waals surface area contributed by atoms with Crippen molar-refractivity contribution >= 4 is 21.8 Å². The number of hydrogen-bond acceptors (Lipinski definition) is 4. The molecule has 1 atom stereocenters. The molecular formula is C19H31N3O4S. The van der Waals surface area contributed by atoms with Crippen molar-refractivity contribution in [2.45, 2.75) is 65.9 Å². The zero-order chi connectivity index (χ0) is 20.8. The summed E-state index contributed by atoms with van der Waals surface area (Å²) in [7, 11) is -3.37. The fraction of sp³-hybridized carbons (Fsp3) is 0.579. The second-order valence-electron chi connectivity index (χ2n) is 8.01. The van der Waals surface area contributed by atoms with Crippen molar-refractivity contribution in [3.63, 3.8) is 0 Å². The van der Waals surface area contributed by atoms with Crippen LogP contribution in [0, 0.1) is 5.41 Å². The number of sulfonamides is 1. The molecule has 0 heterocycles. The molecule has 1 aromatic carbocycles. The highest BCUT2D eigenvalue weighted by Crippen LogP contribution is 2.13. The Balaban J connectivity index is 2.56. The maximum Gasteiger partial charge on any atom is 0.242 e. The molecule has 3 N–H and O–H groups in total. The average molecular weight is 398 g/mol. The Morgan fingerprint density at radius 3 is 2.00 bits per heavy atom. The molecule has 0 saturated heterocycles. The van der Waals surface area contributed by atoms with E-state index in [2.05, 4.69) is 15.4 Å². The van der Waals surface area contributed by atoms with Crippen LogP contribution in [-0.2, 0) is 31.9 Å². The summed E-state index contributed by atoms with van der Waals surface area (Å²) in [6.07, 6.45) is 0. The van der Waals surface area contributed by atoms with Crippen LogP contribution in [-0.4, -0.2) is 32.3 Å². The van der Waals surface area contributed by atoms with Gasteiger partial charge in [0.1, 0.15) is 6.04 Å². The van der Waals surface area contributed by atoms with Gasteiger partial charge in [0.2, 0.25) is 21.8 Å². The van der Waals surface area contributed by atoms with Gasteiger partial charge in [-0.2, -0.15) is 0 Å². The van der Waals surface area contributed by atoms with Crippen LogP contribution in [0.3, 0.4) is 0 Å². The summed E-state index contributed by atoms with van der Waals surface area (Å²) in [6, 6.07) is 6.23. The highest BCUT2D eigenvalue weighted by Gasteiger charge is 2.24. The van der Waals surface area contributed by atoms with E-state index in [9.17, 15) is 18.0 Å². The minimum absolute atomic E-state index is 0.0896. The van der Waals surface area contributed by atoms with Gasteiger partial charge in [-0.15, -0.1) is 0 Å². The first-order valence-corrected chi connectivity index (χ1v) is 10.6. The standard InChI is InChI=1S/C19H31N3O4S/c1-13(2)22-27(25,26)12-16-9-7-15(8-10-16)11-20-17(23)14(3)21-18(24)19(4,5)6/h7-10,13-14,22H,11-12H2,1-6H3,(H,20,23)(H,21,24)/t14-/m0/s1. The molecule has 0 aliphatic rings. The van der Waals surface area contributed by atoms with Gasteiger partial charge in [-0.1, -0.05) is 45.0 Å². The zero-order valence-corrected chi connectivity index (χ0v) is 17.7. The fourth-order valence-electron chi connectivity index (χ4n) is 2.19. The lowest BCUT2D eigenvalue weighted by atomic mass is 9.95. The topological polar surface area (TPSA) is 104 Å². The average Bonchev–Trinajstić information content (AvgIpc) is 2.51. The van der Waals surface area contributed by atoms with Gasteiger partial charge in [0.15, 0.2) is 0 Å². The Morgan fingerprint density at radius 1 is 1.00 bits per heavy atom. The van der Waals surface area contributed by atoms with Gasteiger partial charge in [0.25, 0.3) is 0 Å².